The summed E-state index contributed by atoms with van der Waals surface area (Å²) in [5, 5.41) is 14.4. The molecule has 5 nitrogen and oxygen atoms in total. The molecule has 0 aromatic carbocycles. The van der Waals surface area contributed by atoms with Crippen molar-refractivity contribution in [3.63, 3.8) is 0 Å². The van der Waals surface area contributed by atoms with E-state index in [0.717, 1.165) is 42.7 Å². The normalized spacial score (nSPS) is 19.1. The number of aliphatic hydroxyl groups excluding tert-OH is 1. The molecule has 0 bridgehead atoms. The van der Waals surface area contributed by atoms with Gasteiger partial charge in [0, 0.05) is 38.2 Å². The van der Waals surface area contributed by atoms with Crippen LogP contribution in [0.1, 0.15) is 49.8 Å². The summed E-state index contributed by atoms with van der Waals surface area (Å²) < 4.78 is 2.01. The van der Waals surface area contributed by atoms with Crippen molar-refractivity contribution < 1.29 is 5.11 Å². The lowest BCUT2D eigenvalue weighted by molar-refractivity contribution is 0.115. The molecule has 2 aliphatic rings. The molecule has 0 spiro atoms. The highest BCUT2D eigenvalue weighted by Crippen LogP contribution is 2.35. The van der Waals surface area contributed by atoms with Crippen LogP contribution in [-0.2, 0) is 0 Å². The van der Waals surface area contributed by atoms with E-state index in [2.05, 4.69) is 33.7 Å². The van der Waals surface area contributed by atoms with Gasteiger partial charge in [-0.05, 0) is 31.1 Å². The number of rotatable bonds is 3. The van der Waals surface area contributed by atoms with Gasteiger partial charge in [-0.25, -0.2) is 4.98 Å². The summed E-state index contributed by atoms with van der Waals surface area (Å²) in [4.78, 5) is 6.50. The maximum Gasteiger partial charge on any atom is 0.131 e. The van der Waals surface area contributed by atoms with Crippen molar-refractivity contribution >= 4 is 17.3 Å². The van der Waals surface area contributed by atoms with Crippen molar-refractivity contribution in [3.05, 3.63) is 40.9 Å². The van der Waals surface area contributed by atoms with E-state index in [9.17, 15) is 5.11 Å². The fourth-order valence-corrected chi connectivity index (χ4v) is 3.46. The lowest BCUT2D eigenvalue weighted by Crippen LogP contribution is -2.40. The number of anilines is 1. The largest absolute Gasteiger partial charge is 0.396 e. The molecule has 1 saturated heterocycles. The molecule has 2 aromatic heterocycles. The molecule has 2 fully saturated rings. The number of nitrogens with zero attached hydrogens (tertiary/aromatic N) is 4. The van der Waals surface area contributed by atoms with Crippen LogP contribution in [0, 0.1) is 17.3 Å². The molecule has 136 valence electrons. The van der Waals surface area contributed by atoms with Gasteiger partial charge >= 0.3 is 0 Å². The van der Waals surface area contributed by atoms with E-state index >= 15 is 0 Å². The van der Waals surface area contributed by atoms with Crippen molar-refractivity contribution in [1.29, 1.82) is 0 Å². The predicted octanol–water partition coefficient (Wildman–Crippen LogP) is 3.27. The highest BCUT2D eigenvalue weighted by Gasteiger charge is 2.30. The van der Waals surface area contributed by atoms with Gasteiger partial charge in [-0.3, -0.25) is 4.68 Å². The van der Waals surface area contributed by atoms with Crippen LogP contribution in [0.4, 0.5) is 5.69 Å². The lowest BCUT2D eigenvalue weighted by atomic mass is 9.81. The molecule has 2 aromatic rings. The van der Waals surface area contributed by atoms with Gasteiger partial charge in [0.2, 0.25) is 0 Å². The Hall–Kier alpha value is -2.03. The van der Waals surface area contributed by atoms with Gasteiger partial charge in [0.05, 0.1) is 29.1 Å². The first-order chi connectivity index (χ1) is 12.6. The second kappa shape index (κ2) is 6.94. The Labute approximate surface area is 159 Å². The molecule has 0 atom stereocenters. The van der Waals surface area contributed by atoms with Crippen LogP contribution in [0.15, 0.2) is 24.7 Å². The third-order valence-electron chi connectivity index (χ3n) is 5.41. The van der Waals surface area contributed by atoms with Crippen LogP contribution in [0.25, 0.3) is 0 Å². The number of piperidine rings is 1. The molecular weight excluding hydrogens is 348 g/mol. The summed E-state index contributed by atoms with van der Waals surface area (Å²) in [6.07, 6.45) is 9.90. The summed E-state index contributed by atoms with van der Waals surface area (Å²) >= 11 is 6.14. The Morgan fingerprint density at radius 1 is 1.27 bits per heavy atom. The SMILES string of the molecule is CC1(CO)CCN(c2cc(Cl)ncc2C#Cc2cnn(C3CC3)c2)CC1. The first-order valence-electron chi connectivity index (χ1n) is 9.14. The van der Waals surface area contributed by atoms with Crippen LogP contribution >= 0.6 is 11.6 Å². The average Bonchev–Trinajstić information content (AvgIpc) is 3.40. The third-order valence-corrected chi connectivity index (χ3v) is 5.61. The molecular formula is C20H23ClN4O. The molecule has 1 saturated carbocycles. The fraction of sp³-hybridized carbons (Fsp3) is 0.500. The quantitative estimate of drug-likeness (QED) is 0.665. The smallest absolute Gasteiger partial charge is 0.131 e. The molecule has 4 rings (SSSR count). The van der Waals surface area contributed by atoms with Gasteiger partial charge in [0.15, 0.2) is 0 Å². The van der Waals surface area contributed by atoms with E-state index in [1.54, 1.807) is 6.20 Å². The Morgan fingerprint density at radius 2 is 2.04 bits per heavy atom. The summed E-state index contributed by atoms with van der Waals surface area (Å²) in [7, 11) is 0. The molecule has 0 radical (unpaired) electrons. The minimum atomic E-state index is 0.0105. The third kappa shape index (κ3) is 3.72. The minimum absolute atomic E-state index is 0.0105. The van der Waals surface area contributed by atoms with E-state index in [1.165, 1.54) is 12.8 Å². The van der Waals surface area contributed by atoms with E-state index < -0.39 is 0 Å². The van der Waals surface area contributed by atoms with Crippen LogP contribution in [-0.4, -0.2) is 39.6 Å². The molecule has 1 aliphatic carbocycles. The molecule has 0 unspecified atom stereocenters. The Balaban J connectivity index is 1.56. The molecule has 1 N–H and O–H groups in total. The molecule has 1 aliphatic heterocycles. The topological polar surface area (TPSA) is 54.2 Å². The fourth-order valence-electron chi connectivity index (χ4n) is 3.30. The van der Waals surface area contributed by atoms with E-state index in [1.807, 2.05) is 23.1 Å². The Kier molecular flexibility index (Phi) is 4.64. The van der Waals surface area contributed by atoms with Gasteiger partial charge in [-0.2, -0.15) is 5.10 Å². The van der Waals surface area contributed by atoms with E-state index in [0.29, 0.717) is 11.2 Å². The average molecular weight is 371 g/mol. The molecule has 6 heteroatoms. The minimum Gasteiger partial charge on any atom is -0.396 e. The van der Waals surface area contributed by atoms with Gasteiger partial charge < -0.3 is 10.0 Å². The van der Waals surface area contributed by atoms with Crippen molar-refractivity contribution in [2.24, 2.45) is 5.41 Å². The Bertz CT molecular complexity index is 854. The van der Waals surface area contributed by atoms with Gasteiger partial charge in [-0.1, -0.05) is 30.4 Å². The highest BCUT2D eigenvalue weighted by molar-refractivity contribution is 6.29. The molecule has 3 heterocycles. The second-order valence-electron chi connectivity index (χ2n) is 7.67. The molecule has 26 heavy (non-hydrogen) atoms. The zero-order valence-corrected chi connectivity index (χ0v) is 15.7. The van der Waals surface area contributed by atoms with Crippen molar-refractivity contribution in [2.45, 2.75) is 38.6 Å². The van der Waals surface area contributed by atoms with Crippen LogP contribution < -0.4 is 4.90 Å². The monoisotopic (exact) mass is 370 g/mol. The number of aliphatic hydroxyl groups is 1. The second-order valence-corrected chi connectivity index (χ2v) is 8.06. The van der Waals surface area contributed by atoms with Gasteiger partial charge in [-0.15, -0.1) is 0 Å². The van der Waals surface area contributed by atoms with Crippen molar-refractivity contribution in [3.8, 4) is 11.8 Å². The van der Waals surface area contributed by atoms with E-state index in [4.69, 9.17) is 11.6 Å². The summed E-state index contributed by atoms with van der Waals surface area (Å²) in [6.45, 7) is 4.13. The summed E-state index contributed by atoms with van der Waals surface area (Å²) in [5.41, 5.74) is 2.83. The zero-order valence-electron chi connectivity index (χ0n) is 15.0. The number of hydrogen-bond donors (Lipinski definition) is 1. The molecule has 0 amide bonds. The van der Waals surface area contributed by atoms with Crippen LogP contribution in [0.3, 0.4) is 0 Å². The highest BCUT2D eigenvalue weighted by atomic mass is 35.5. The first-order valence-corrected chi connectivity index (χ1v) is 9.52. The van der Waals surface area contributed by atoms with Crippen molar-refractivity contribution in [2.75, 3.05) is 24.6 Å². The number of pyridine rings is 1. The Morgan fingerprint density at radius 3 is 2.73 bits per heavy atom. The summed E-state index contributed by atoms with van der Waals surface area (Å²) in [5.74, 6) is 6.45. The maximum absolute atomic E-state index is 9.58. The number of aromatic nitrogens is 3. The predicted molar refractivity (Wildman–Crippen MR) is 102 cm³/mol. The van der Waals surface area contributed by atoms with Crippen molar-refractivity contribution in [1.82, 2.24) is 14.8 Å². The first kappa shape index (κ1) is 17.4. The van der Waals surface area contributed by atoms with Crippen LogP contribution in [0.5, 0.6) is 0 Å². The van der Waals surface area contributed by atoms with Gasteiger partial charge in [0.25, 0.3) is 0 Å². The standard InChI is InChI=1S/C20H23ClN4O/c1-20(14-26)6-8-24(9-7-20)18-10-19(21)22-12-16(18)3-2-15-11-23-25(13-15)17-4-5-17/h10-13,17,26H,4-9,14H2,1H3. The number of hydrogen-bond acceptors (Lipinski definition) is 4. The number of halogens is 1. The van der Waals surface area contributed by atoms with Crippen LogP contribution in [0.2, 0.25) is 5.15 Å². The summed E-state index contributed by atoms with van der Waals surface area (Å²) in [6, 6.07) is 2.45. The lowest BCUT2D eigenvalue weighted by Gasteiger charge is -2.39. The maximum atomic E-state index is 9.58. The zero-order chi connectivity index (χ0) is 18.1. The van der Waals surface area contributed by atoms with E-state index in [-0.39, 0.29) is 12.0 Å². The van der Waals surface area contributed by atoms with Gasteiger partial charge in [0.1, 0.15) is 5.15 Å².